The van der Waals surface area contributed by atoms with E-state index in [1.54, 1.807) is 31.4 Å². The van der Waals surface area contributed by atoms with Crippen LogP contribution in [-0.2, 0) is 7.05 Å². The summed E-state index contributed by atoms with van der Waals surface area (Å²) in [7, 11) is 3.49. The molecule has 1 atom stereocenters. The highest BCUT2D eigenvalue weighted by molar-refractivity contribution is 5.94. The zero-order valence-electron chi connectivity index (χ0n) is 13.7. The highest BCUT2D eigenvalue weighted by Gasteiger charge is 2.16. The van der Waals surface area contributed by atoms with E-state index < -0.39 is 6.10 Å². The van der Waals surface area contributed by atoms with Crippen LogP contribution in [0.4, 0.5) is 0 Å². The van der Waals surface area contributed by atoms with Crippen LogP contribution in [0.25, 0.3) is 10.9 Å². The molecule has 0 saturated carbocycles. The summed E-state index contributed by atoms with van der Waals surface area (Å²) in [5.41, 5.74) is 2.35. The number of para-hydroxylation sites is 1. The lowest BCUT2D eigenvalue weighted by Gasteiger charge is -2.12. The Balaban J connectivity index is 1.72. The number of nitrogens with zero attached hydrogens (tertiary/aromatic N) is 1. The van der Waals surface area contributed by atoms with Crippen molar-refractivity contribution in [2.24, 2.45) is 7.05 Å². The molecule has 0 aliphatic heterocycles. The van der Waals surface area contributed by atoms with Gasteiger partial charge in [-0.15, -0.1) is 0 Å². The van der Waals surface area contributed by atoms with E-state index in [1.165, 1.54) is 0 Å². The first-order valence-corrected chi connectivity index (χ1v) is 7.74. The summed E-state index contributed by atoms with van der Waals surface area (Å²) in [6.45, 7) is 0.143. The minimum Gasteiger partial charge on any atom is -0.497 e. The van der Waals surface area contributed by atoms with E-state index in [0.29, 0.717) is 11.3 Å². The highest BCUT2D eigenvalue weighted by atomic mass is 16.5. The van der Waals surface area contributed by atoms with Crippen molar-refractivity contribution in [1.82, 2.24) is 9.88 Å². The maximum absolute atomic E-state index is 12.2. The number of carbonyl (C=O) groups is 1. The Labute approximate surface area is 140 Å². The van der Waals surface area contributed by atoms with Gasteiger partial charge in [0.15, 0.2) is 0 Å². The standard InChI is InChI=1S/C19H20N2O3/c1-21-12-16(15-8-3-4-9-17(15)21)18(22)11-20-19(23)13-6-5-7-14(10-13)24-2/h3-10,12,18,22H,11H2,1-2H3,(H,20,23). The molecule has 0 bridgehead atoms. The molecule has 0 spiro atoms. The molecule has 5 heteroatoms. The smallest absolute Gasteiger partial charge is 0.251 e. The van der Waals surface area contributed by atoms with Gasteiger partial charge in [0, 0.05) is 41.8 Å². The maximum Gasteiger partial charge on any atom is 0.251 e. The maximum atomic E-state index is 12.2. The highest BCUT2D eigenvalue weighted by Crippen LogP contribution is 2.25. The van der Waals surface area contributed by atoms with E-state index in [0.717, 1.165) is 16.5 Å². The minimum atomic E-state index is -0.773. The van der Waals surface area contributed by atoms with Crippen LogP contribution in [-0.4, -0.2) is 29.2 Å². The van der Waals surface area contributed by atoms with E-state index in [4.69, 9.17) is 4.74 Å². The zero-order chi connectivity index (χ0) is 17.1. The lowest BCUT2D eigenvalue weighted by molar-refractivity contribution is 0.0916. The van der Waals surface area contributed by atoms with Crippen molar-refractivity contribution < 1.29 is 14.6 Å². The summed E-state index contributed by atoms with van der Waals surface area (Å²) >= 11 is 0. The van der Waals surface area contributed by atoms with E-state index >= 15 is 0 Å². The second-order valence-corrected chi connectivity index (χ2v) is 5.67. The average molecular weight is 324 g/mol. The van der Waals surface area contributed by atoms with Gasteiger partial charge in [-0.2, -0.15) is 0 Å². The van der Waals surface area contributed by atoms with Gasteiger partial charge in [0.1, 0.15) is 5.75 Å². The van der Waals surface area contributed by atoms with Crippen molar-refractivity contribution in [1.29, 1.82) is 0 Å². The van der Waals surface area contributed by atoms with Crippen molar-refractivity contribution in [3.63, 3.8) is 0 Å². The molecule has 3 aromatic rings. The monoisotopic (exact) mass is 324 g/mol. The summed E-state index contributed by atoms with van der Waals surface area (Å²) in [4.78, 5) is 12.2. The molecule has 1 heterocycles. The van der Waals surface area contributed by atoms with Gasteiger partial charge in [-0.3, -0.25) is 4.79 Å². The van der Waals surface area contributed by atoms with Crippen molar-refractivity contribution in [2.75, 3.05) is 13.7 Å². The second-order valence-electron chi connectivity index (χ2n) is 5.67. The second kappa shape index (κ2) is 6.76. The van der Waals surface area contributed by atoms with Crippen LogP contribution in [0.5, 0.6) is 5.75 Å². The number of aliphatic hydroxyl groups is 1. The number of ether oxygens (including phenoxy) is 1. The number of hydrogen-bond acceptors (Lipinski definition) is 3. The van der Waals surface area contributed by atoms with Gasteiger partial charge >= 0.3 is 0 Å². The molecule has 1 amide bonds. The molecule has 5 nitrogen and oxygen atoms in total. The van der Waals surface area contributed by atoms with Crippen molar-refractivity contribution in [3.05, 3.63) is 65.9 Å². The van der Waals surface area contributed by atoms with Gasteiger partial charge in [-0.1, -0.05) is 24.3 Å². The van der Waals surface area contributed by atoms with Crippen molar-refractivity contribution >= 4 is 16.8 Å². The Morgan fingerprint density at radius 3 is 2.83 bits per heavy atom. The number of rotatable bonds is 5. The topological polar surface area (TPSA) is 63.5 Å². The molecular formula is C19H20N2O3. The molecule has 0 aliphatic rings. The molecule has 0 radical (unpaired) electrons. The van der Waals surface area contributed by atoms with Crippen LogP contribution in [0.2, 0.25) is 0 Å². The normalized spacial score (nSPS) is 12.1. The summed E-state index contributed by atoms with van der Waals surface area (Å²) in [5, 5.41) is 14.2. The lowest BCUT2D eigenvalue weighted by Crippen LogP contribution is -2.28. The molecule has 0 aliphatic carbocycles. The van der Waals surface area contributed by atoms with Crippen LogP contribution >= 0.6 is 0 Å². The molecule has 0 fully saturated rings. The number of carbonyl (C=O) groups excluding carboxylic acids is 1. The lowest BCUT2D eigenvalue weighted by atomic mass is 10.1. The Bertz CT molecular complexity index is 870. The van der Waals surface area contributed by atoms with E-state index in [9.17, 15) is 9.90 Å². The summed E-state index contributed by atoms with van der Waals surface area (Å²) in [5.74, 6) is 0.380. The molecule has 24 heavy (non-hydrogen) atoms. The first kappa shape index (κ1) is 16.1. The van der Waals surface area contributed by atoms with Gasteiger partial charge in [-0.25, -0.2) is 0 Å². The summed E-state index contributed by atoms with van der Waals surface area (Å²) in [6.07, 6.45) is 1.12. The molecule has 2 N–H and O–H groups in total. The van der Waals surface area contributed by atoms with Crippen LogP contribution in [0, 0.1) is 0 Å². The first-order valence-electron chi connectivity index (χ1n) is 7.74. The third kappa shape index (κ3) is 3.12. The van der Waals surface area contributed by atoms with Crippen molar-refractivity contribution in [2.45, 2.75) is 6.10 Å². The number of methoxy groups -OCH3 is 1. The Kier molecular flexibility index (Phi) is 4.53. The Hall–Kier alpha value is -2.79. The fourth-order valence-corrected chi connectivity index (χ4v) is 2.80. The van der Waals surface area contributed by atoms with E-state index in [-0.39, 0.29) is 12.5 Å². The molecular weight excluding hydrogens is 304 g/mol. The number of amides is 1. The Morgan fingerprint density at radius 1 is 1.25 bits per heavy atom. The molecule has 1 aromatic heterocycles. The summed E-state index contributed by atoms with van der Waals surface area (Å²) < 4.78 is 7.09. The van der Waals surface area contributed by atoms with Crippen LogP contribution in [0.15, 0.2) is 54.7 Å². The number of fused-ring (bicyclic) bond motifs is 1. The van der Waals surface area contributed by atoms with Crippen molar-refractivity contribution in [3.8, 4) is 5.75 Å². The SMILES string of the molecule is COc1cccc(C(=O)NCC(O)c2cn(C)c3ccccc23)c1. The number of aliphatic hydroxyl groups excluding tert-OH is 1. The van der Waals surface area contributed by atoms with Crippen LogP contribution in [0.3, 0.4) is 0 Å². The van der Waals surface area contributed by atoms with E-state index in [1.807, 2.05) is 42.1 Å². The van der Waals surface area contributed by atoms with Crippen LogP contribution < -0.4 is 10.1 Å². The third-order valence-corrected chi connectivity index (χ3v) is 4.07. The van der Waals surface area contributed by atoms with Gasteiger partial charge in [0.05, 0.1) is 13.2 Å². The fourth-order valence-electron chi connectivity index (χ4n) is 2.80. The number of aromatic nitrogens is 1. The molecule has 124 valence electrons. The summed E-state index contributed by atoms with van der Waals surface area (Å²) in [6, 6.07) is 14.8. The van der Waals surface area contributed by atoms with Crippen LogP contribution in [0.1, 0.15) is 22.0 Å². The van der Waals surface area contributed by atoms with Gasteiger partial charge in [-0.05, 0) is 24.3 Å². The zero-order valence-corrected chi connectivity index (χ0v) is 13.7. The predicted molar refractivity (Wildman–Crippen MR) is 93.2 cm³/mol. The number of hydrogen-bond donors (Lipinski definition) is 2. The predicted octanol–water partition coefficient (Wildman–Crippen LogP) is 2.65. The first-order chi connectivity index (χ1) is 11.6. The molecule has 0 saturated heterocycles. The average Bonchev–Trinajstić information content (AvgIpc) is 2.96. The number of aryl methyl sites for hydroxylation is 1. The third-order valence-electron chi connectivity index (χ3n) is 4.07. The largest absolute Gasteiger partial charge is 0.497 e. The molecule has 1 unspecified atom stereocenters. The fraction of sp³-hybridized carbons (Fsp3) is 0.211. The van der Waals surface area contributed by atoms with Gasteiger partial charge < -0.3 is 19.7 Å². The van der Waals surface area contributed by atoms with E-state index in [2.05, 4.69) is 5.32 Å². The minimum absolute atomic E-state index is 0.143. The number of nitrogens with one attached hydrogen (secondary N) is 1. The quantitative estimate of drug-likeness (QED) is 0.758. The van der Waals surface area contributed by atoms with Gasteiger partial charge in [0.25, 0.3) is 5.91 Å². The number of benzene rings is 2. The van der Waals surface area contributed by atoms with Gasteiger partial charge in [0.2, 0.25) is 0 Å². The molecule has 3 rings (SSSR count). The molecule has 2 aromatic carbocycles. The Morgan fingerprint density at radius 2 is 2.04 bits per heavy atom.